The van der Waals surface area contributed by atoms with Gasteiger partial charge in [-0.15, -0.1) is 0 Å². The predicted molar refractivity (Wildman–Crippen MR) is 100 cm³/mol. The van der Waals surface area contributed by atoms with Crippen molar-refractivity contribution in [3.8, 4) is 5.75 Å². The second-order valence-electron chi connectivity index (χ2n) is 6.28. The number of rotatable bonds is 5. The topological polar surface area (TPSA) is 35.5 Å². The summed E-state index contributed by atoms with van der Waals surface area (Å²) in [6.07, 6.45) is 3.62. The zero-order chi connectivity index (χ0) is 17.8. The first-order valence-electron chi connectivity index (χ1n) is 8.55. The van der Waals surface area contributed by atoms with E-state index in [0.717, 1.165) is 16.9 Å². The maximum Gasteiger partial charge on any atom is 0.343 e. The number of carbonyl (C=O) groups is 1. The lowest BCUT2D eigenvalue weighted by atomic mass is 10.0. The Morgan fingerprint density at radius 3 is 2.32 bits per heavy atom. The molecular formula is C22H22O3. The van der Waals surface area contributed by atoms with Gasteiger partial charge < -0.3 is 9.47 Å². The van der Waals surface area contributed by atoms with Gasteiger partial charge in [-0.25, -0.2) is 4.79 Å². The summed E-state index contributed by atoms with van der Waals surface area (Å²) in [5, 5.41) is 0. The van der Waals surface area contributed by atoms with Crippen molar-refractivity contribution in [3.63, 3.8) is 0 Å². The number of ether oxygens (including phenoxy) is 2. The summed E-state index contributed by atoms with van der Waals surface area (Å²) in [5.41, 5.74) is 3.65. The van der Waals surface area contributed by atoms with Gasteiger partial charge in [-0.2, -0.15) is 0 Å². The van der Waals surface area contributed by atoms with E-state index in [1.54, 1.807) is 6.08 Å². The summed E-state index contributed by atoms with van der Waals surface area (Å²) < 4.78 is 10.9. The van der Waals surface area contributed by atoms with Crippen LogP contribution >= 0.6 is 0 Å². The number of esters is 1. The van der Waals surface area contributed by atoms with E-state index in [0.29, 0.717) is 23.9 Å². The molecule has 0 radical (unpaired) electrons. The molecule has 0 bridgehead atoms. The molecule has 0 fully saturated rings. The lowest BCUT2D eigenvalue weighted by Crippen LogP contribution is -1.97. The SMILES string of the molecule is CCOc1ccc(C=C2C=C(c3ccc(C(C)C)cc3)OC2=O)cc1. The van der Waals surface area contributed by atoms with Crippen LogP contribution in [0.3, 0.4) is 0 Å². The fraction of sp³-hybridized carbons (Fsp3) is 0.227. The van der Waals surface area contributed by atoms with Gasteiger partial charge in [-0.05, 0) is 48.3 Å². The van der Waals surface area contributed by atoms with Crippen LogP contribution in [0, 0.1) is 0 Å². The molecule has 0 saturated heterocycles. The van der Waals surface area contributed by atoms with Crippen LogP contribution in [0.4, 0.5) is 0 Å². The molecule has 3 heteroatoms. The van der Waals surface area contributed by atoms with Crippen molar-refractivity contribution in [3.05, 3.63) is 76.9 Å². The number of hydrogen-bond acceptors (Lipinski definition) is 3. The normalized spacial score (nSPS) is 15.4. The Balaban J connectivity index is 1.81. The largest absolute Gasteiger partial charge is 0.494 e. The molecule has 25 heavy (non-hydrogen) atoms. The molecule has 0 unspecified atom stereocenters. The summed E-state index contributed by atoms with van der Waals surface area (Å²) in [5.74, 6) is 1.57. The first kappa shape index (κ1) is 17.0. The highest BCUT2D eigenvalue weighted by molar-refractivity contribution is 6.05. The molecule has 0 aromatic heterocycles. The van der Waals surface area contributed by atoms with Gasteiger partial charge in [0.15, 0.2) is 0 Å². The summed E-state index contributed by atoms with van der Waals surface area (Å²) >= 11 is 0. The van der Waals surface area contributed by atoms with E-state index in [1.165, 1.54) is 5.56 Å². The second kappa shape index (κ2) is 7.39. The minimum absolute atomic E-state index is 0.322. The molecule has 2 aromatic rings. The third kappa shape index (κ3) is 4.00. The van der Waals surface area contributed by atoms with Crippen molar-refractivity contribution in [2.75, 3.05) is 6.61 Å². The van der Waals surface area contributed by atoms with E-state index in [1.807, 2.05) is 49.4 Å². The fourth-order valence-corrected chi connectivity index (χ4v) is 2.67. The first-order chi connectivity index (χ1) is 12.1. The van der Waals surface area contributed by atoms with Gasteiger partial charge in [0.2, 0.25) is 0 Å². The summed E-state index contributed by atoms with van der Waals surface area (Å²) in [6.45, 7) is 6.89. The lowest BCUT2D eigenvalue weighted by Gasteiger charge is -2.06. The molecule has 1 aliphatic heterocycles. The van der Waals surface area contributed by atoms with E-state index in [2.05, 4.69) is 26.0 Å². The monoisotopic (exact) mass is 334 g/mol. The zero-order valence-corrected chi connectivity index (χ0v) is 14.8. The smallest absolute Gasteiger partial charge is 0.343 e. The molecule has 0 aliphatic carbocycles. The maximum atomic E-state index is 12.1. The first-order valence-corrected chi connectivity index (χ1v) is 8.55. The Labute approximate surface area is 148 Å². The molecule has 128 valence electrons. The molecule has 1 aliphatic rings. The molecule has 3 rings (SSSR count). The van der Waals surface area contributed by atoms with E-state index in [4.69, 9.17) is 9.47 Å². The third-order valence-corrected chi connectivity index (χ3v) is 4.10. The Morgan fingerprint density at radius 2 is 1.72 bits per heavy atom. The van der Waals surface area contributed by atoms with Crippen LogP contribution in [0.15, 0.2) is 60.2 Å². The van der Waals surface area contributed by atoms with E-state index in [-0.39, 0.29) is 5.97 Å². The molecule has 0 amide bonds. The van der Waals surface area contributed by atoms with Gasteiger partial charge in [0.05, 0.1) is 12.2 Å². The summed E-state index contributed by atoms with van der Waals surface area (Å²) in [7, 11) is 0. The van der Waals surface area contributed by atoms with E-state index < -0.39 is 0 Å². The number of cyclic esters (lactones) is 1. The molecule has 0 saturated carbocycles. The van der Waals surface area contributed by atoms with Crippen molar-refractivity contribution in [1.82, 2.24) is 0 Å². The average molecular weight is 334 g/mol. The predicted octanol–water partition coefficient (Wildman–Crippen LogP) is 5.19. The quantitative estimate of drug-likeness (QED) is 0.557. The average Bonchev–Trinajstić information content (AvgIpc) is 2.98. The standard InChI is InChI=1S/C22H22O3/c1-4-24-20-11-5-16(6-12-20)13-19-14-21(25-22(19)23)18-9-7-17(8-10-18)15(2)3/h5-15H,4H2,1-3H3. The minimum atomic E-state index is -0.322. The zero-order valence-electron chi connectivity index (χ0n) is 14.8. The van der Waals surface area contributed by atoms with Crippen molar-refractivity contribution in [1.29, 1.82) is 0 Å². The van der Waals surface area contributed by atoms with Crippen LogP contribution in [-0.4, -0.2) is 12.6 Å². The van der Waals surface area contributed by atoms with Crippen molar-refractivity contribution in [2.45, 2.75) is 26.7 Å². The molecule has 2 aromatic carbocycles. The van der Waals surface area contributed by atoms with Crippen LogP contribution in [0.25, 0.3) is 11.8 Å². The molecular weight excluding hydrogens is 312 g/mol. The summed E-state index contributed by atoms with van der Waals surface area (Å²) in [4.78, 5) is 12.1. The van der Waals surface area contributed by atoms with Crippen molar-refractivity contribution < 1.29 is 14.3 Å². The lowest BCUT2D eigenvalue weighted by molar-refractivity contribution is -0.130. The Hall–Kier alpha value is -2.81. The van der Waals surface area contributed by atoms with E-state index >= 15 is 0 Å². The Bertz CT molecular complexity index is 809. The van der Waals surface area contributed by atoms with Gasteiger partial charge in [-0.3, -0.25) is 0 Å². The van der Waals surface area contributed by atoms with Crippen LogP contribution < -0.4 is 4.74 Å². The van der Waals surface area contributed by atoms with Crippen molar-refractivity contribution >= 4 is 17.8 Å². The highest BCUT2D eigenvalue weighted by Gasteiger charge is 2.22. The Kier molecular flexibility index (Phi) is 5.03. The molecule has 0 atom stereocenters. The highest BCUT2D eigenvalue weighted by atomic mass is 16.5. The molecule has 0 N–H and O–H groups in total. The van der Waals surface area contributed by atoms with Gasteiger partial charge in [0, 0.05) is 5.56 Å². The van der Waals surface area contributed by atoms with Gasteiger partial charge in [0.1, 0.15) is 11.5 Å². The minimum Gasteiger partial charge on any atom is -0.494 e. The number of carbonyl (C=O) groups excluding carboxylic acids is 1. The molecule has 1 heterocycles. The third-order valence-electron chi connectivity index (χ3n) is 4.10. The van der Waals surface area contributed by atoms with Crippen molar-refractivity contribution in [2.24, 2.45) is 0 Å². The fourth-order valence-electron chi connectivity index (χ4n) is 2.67. The molecule has 0 spiro atoms. The highest BCUT2D eigenvalue weighted by Crippen LogP contribution is 2.28. The van der Waals surface area contributed by atoms with E-state index in [9.17, 15) is 4.79 Å². The van der Waals surface area contributed by atoms with Crippen LogP contribution in [0.5, 0.6) is 5.75 Å². The van der Waals surface area contributed by atoms with Crippen LogP contribution in [-0.2, 0) is 9.53 Å². The Morgan fingerprint density at radius 1 is 1.04 bits per heavy atom. The number of benzene rings is 2. The maximum absolute atomic E-state index is 12.1. The van der Waals surface area contributed by atoms with Gasteiger partial charge in [0.25, 0.3) is 0 Å². The van der Waals surface area contributed by atoms with Crippen LogP contribution in [0.1, 0.15) is 43.4 Å². The van der Waals surface area contributed by atoms with Gasteiger partial charge >= 0.3 is 5.97 Å². The molecule has 3 nitrogen and oxygen atoms in total. The van der Waals surface area contributed by atoms with Gasteiger partial charge in [-0.1, -0.05) is 50.2 Å². The summed E-state index contributed by atoms with van der Waals surface area (Å²) in [6, 6.07) is 15.8. The number of hydrogen-bond donors (Lipinski definition) is 0. The second-order valence-corrected chi connectivity index (χ2v) is 6.28. The van der Waals surface area contributed by atoms with Crippen LogP contribution in [0.2, 0.25) is 0 Å².